The van der Waals surface area contributed by atoms with E-state index in [2.05, 4.69) is 15.4 Å². The number of aliphatic hydroxyl groups is 1. The van der Waals surface area contributed by atoms with Crippen molar-refractivity contribution in [3.63, 3.8) is 0 Å². The van der Waals surface area contributed by atoms with Crippen molar-refractivity contribution in [2.24, 2.45) is 5.41 Å². The van der Waals surface area contributed by atoms with Crippen LogP contribution < -0.4 is 10.2 Å². The van der Waals surface area contributed by atoms with Crippen LogP contribution in [0.1, 0.15) is 32.8 Å². The average molecular weight is 447 g/mol. The zero-order valence-corrected chi connectivity index (χ0v) is 17.9. The number of carbonyl (C=O) groups is 1. The third-order valence-corrected chi connectivity index (χ3v) is 5.34. The van der Waals surface area contributed by atoms with Crippen LogP contribution in [-0.2, 0) is 11.0 Å². The highest BCUT2D eigenvalue weighted by atomic mass is 19.4. The molecule has 0 radical (unpaired) electrons. The Balaban J connectivity index is 1.70. The second-order valence-corrected chi connectivity index (χ2v) is 8.97. The van der Waals surface area contributed by atoms with Gasteiger partial charge in [-0.25, -0.2) is 9.50 Å². The van der Waals surface area contributed by atoms with Gasteiger partial charge in [0.2, 0.25) is 5.91 Å². The second-order valence-electron chi connectivity index (χ2n) is 8.97. The third-order valence-electron chi connectivity index (χ3n) is 5.34. The number of carbonyl (C=O) groups excluding carboxylic acids is 1. The number of imidazole rings is 1. The van der Waals surface area contributed by atoms with E-state index in [4.69, 9.17) is 0 Å². The van der Waals surface area contributed by atoms with Gasteiger partial charge in [-0.15, -0.1) is 5.10 Å². The van der Waals surface area contributed by atoms with E-state index in [1.165, 1.54) is 12.1 Å². The first kappa shape index (κ1) is 22.1. The lowest BCUT2D eigenvalue weighted by atomic mass is 9.95. The van der Waals surface area contributed by atoms with E-state index < -0.39 is 23.1 Å². The average Bonchev–Trinajstić information content (AvgIpc) is 3.31. The summed E-state index contributed by atoms with van der Waals surface area (Å²) in [6.45, 7) is 6.07. The fourth-order valence-corrected chi connectivity index (χ4v) is 3.49. The monoisotopic (exact) mass is 447 g/mol. The van der Waals surface area contributed by atoms with Crippen LogP contribution in [0.15, 0.2) is 36.5 Å². The van der Waals surface area contributed by atoms with Crippen LogP contribution in [0.5, 0.6) is 0 Å². The molecule has 3 aromatic rings. The molecule has 3 heterocycles. The number of aromatic nitrogens is 3. The molecule has 1 fully saturated rings. The zero-order chi connectivity index (χ0) is 23.3. The molecule has 0 saturated carbocycles. The van der Waals surface area contributed by atoms with E-state index in [0.29, 0.717) is 42.2 Å². The molecule has 0 aliphatic carbocycles. The Morgan fingerprint density at radius 2 is 1.94 bits per heavy atom. The highest BCUT2D eigenvalue weighted by molar-refractivity contribution is 5.96. The highest BCUT2D eigenvalue weighted by Gasteiger charge is 2.35. The minimum absolute atomic E-state index is 0.313. The van der Waals surface area contributed by atoms with Gasteiger partial charge in [0.15, 0.2) is 5.65 Å². The molecule has 32 heavy (non-hydrogen) atoms. The van der Waals surface area contributed by atoms with Crippen molar-refractivity contribution in [2.45, 2.75) is 39.5 Å². The first-order chi connectivity index (χ1) is 14.9. The predicted molar refractivity (Wildman–Crippen MR) is 114 cm³/mol. The molecule has 1 amide bonds. The molecule has 0 unspecified atom stereocenters. The Morgan fingerprint density at radius 1 is 1.19 bits per heavy atom. The SMILES string of the molecule is CC(C)(C)C(=O)Nc1cc(-c2cn3nc(N4CC[C@H](O)C4)ccc3n2)ccc1C(F)(F)F. The summed E-state index contributed by atoms with van der Waals surface area (Å²) in [7, 11) is 0. The van der Waals surface area contributed by atoms with Crippen molar-refractivity contribution in [1.82, 2.24) is 14.6 Å². The quantitative estimate of drug-likeness (QED) is 0.635. The Hall–Kier alpha value is -3.14. The molecular formula is C22H24F3N5O2. The number of aliphatic hydroxyl groups excluding tert-OH is 1. The molecule has 1 aliphatic heterocycles. The van der Waals surface area contributed by atoms with Crippen molar-refractivity contribution < 1.29 is 23.1 Å². The Bertz CT molecular complexity index is 1170. The van der Waals surface area contributed by atoms with Gasteiger partial charge in [0, 0.05) is 24.1 Å². The molecule has 10 heteroatoms. The molecule has 2 N–H and O–H groups in total. The predicted octanol–water partition coefficient (Wildman–Crippen LogP) is 3.97. The first-order valence-corrected chi connectivity index (χ1v) is 10.2. The topological polar surface area (TPSA) is 82.8 Å². The number of fused-ring (bicyclic) bond motifs is 1. The Kier molecular flexibility index (Phi) is 5.36. The number of β-amino-alcohol motifs (C(OH)–C–C–N with tert-alkyl or cyclic N) is 1. The van der Waals surface area contributed by atoms with Gasteiger partial charge in [0.1, 0.15) is 5.82 Å². The van der Waals surface area contributed by atoms with E-state index in [9.17, 15) is 23.1 Å². The number of nitrogens with one attached hydrogen (secondary N) is 1. The molecule has 1 aliphatic rings. The van der Waals surface area contributed by atoms with E-state index in [0.717, 1.165) is 6.07 Å². The largest absolute Gasteiger partial charge is 0.418 e. The molecule has 1 aromatic carbocycles. The molecule has 170 valence electrons. The van der Waals surface area contributed by atoms with Gasteiger partial charge in [-0.2, -0.15) is 13.2 Å². The van der Waals surface area contributed by atoms with Gasteiger partial charge in [-0.1, -0.05) is 26.8 Å². The second kappa shape index (κ2) is 7.77. The summed E-state index contributed by atoms with van der Waals surface area (Å²) in [5.41, 5.74) is -0.710. The van der Waals surface area contributed by atoms with Crippen LogP contribution in [0.2, 0.25) is 0 Å². The third kappa shape index (κ3) is 4.40. The minimum Gasteiger partial charge on any atom is -0.391 e. The number of halogens is 3. The molecule has 4 rings (SSSR count). The van der Waals surface area contributed by atoms with Crippen LogP contribution in [0.3, 0.4) is 0 Å². The van der Waals surface area contributed by atoms with E-state index in [-0.39, 0.29) is 11.8 Å². The van der Waals surface area contributed by atoms with Crippen molar-refractivity contribution in [1.29, 1.82) is 0 Å². The summed E-state index contributed by atoms with van der Waals surface area (Å²) >= 11 is 0. The summed E-state index contributed by atoms with van der Waals surface area (Å²) in [6.07, 6.45) is -2.71. The summed E-state index contributed by atoms with van der Waals surface area (Å²) in [5, 5.41) is 16.7. The lowest BCUT2D eigenvalue weighted by Gasteiger charge is -2.20. The summed E-state index contributed by atoms with van der Waals surface area (Å²) in [5.74, 6) is 0.165. The van der Waals surface area contributed by atoms with Gasteiger partial charge < -0.3 is 15.3 Å². The zero-order valence-electron chi connectivity index (χ0n) is 17.9. The van der Waals surface area contributed by atoms with Gasteiger partial charge >= 0.3 is 6.18 Å². The van der Waals surface area contributed by atoms with Crippen LogP contribution in [0, 0.1) is 5.41 Å². The van der Waals surface area contributed by atoms with Gasteiger partial charge in [-0.3, -0.25) is 4.79 Å². The first-order valence-electron chi connectivity index (χ1n) is 10.2. The summed E-state index contributed by atoms with van der Waals surface area (Å²) in [4.78, 5) is 18.8. The number of alkyl halides is 3. The number of hydrogen-bond donors (Lipinski definition) is 2. The summed E-state index contributed by atoms with van der Waals surface area (Å²) in [6, 6.07) is 7.12. The minimum atomic E-state index is -4.62. The van der Waals surface area contributed by atoms with Gasteiger partial charge in [0.25, 0.3) is 0 Å². The molecule has 7 nitrogen and oxygen atoms in total. The van der Waals surface area contributed by atoms with Crippen molar-refractivity contribution in [3.8, 4) is 11.3 Å². The van der Waals surface area contributed by atoms with Crippen LogP contribution >= 0.6 is 0 Å². The molecular weight excluding hydrogens is 423 g/mol. The lowest BCUT2D eigenvalue weighted by Crippen LogP contribution is -2.28. The van der Waals surface area contributed by atoms with Crippen LogP contribution in [-0.4, -0.2) is 44.8 Å². The summed E-state index contributed by atoms with van der Waals surface area (Å²) < 4.78 is 42.1. The fourth-order valence-electron chi connectivity index (χ4n) is 3.49. The number of hydrogen-bond acceptors (Lipinski definition) is 5. The molecule has 0 spiro atoms. The van der Waals surface area contributed by atoms with E-state index in [1.54, 1.807) is 43.6 Å². The number of benzene rings is 1. The van der Waals surface area contributed by atoms with Crippen LogP contribution in [0.4, 0.5) is 24.7 Å². The molecule has 1 saturated heterocycles. The standard InChI is InChI=1S/C22H24F3N5O2/c1-21(2,3)20(32)27-16-10-13(4-5-15(16)22(23,24)25)17-12-30-18(26-17)6-7-19(28-30)29-9-8-14(31)11-29/h4-7,10,12,14,31H,8-9,11H2,1-3H3,(H,27,32)/t14-/m0/s1. The van der Waals surface area contributed by atoms with Gasteiger partial charge in [0.05, 0.1) is 29.2 Å². The molecule has 1 atom stereocenters. The number of rotatable bonds is 3. The normalized spacial score (nSPS) is 17.2. The van der Waals surface area contributed by atoms with E-state index >= 15 is 0 Å². The van der Waals surface area contributed by atoms with E-state index in [1.807, 2.05) is 4.90 Å². The number of nitrogens with zero attached hydrogens (tertiary/aromatic N) is 4. The smallest absolute Gasteiger partial charge is 0.391 e. The van der Waals surface area contributed by atoms with Gasteiger partial charge in [-0.05, 0) is 30.7 Å². The number of anilines is 2. The Morgan fingerprint density at radius 3 is 2.56 bits per heavy atom. The van der Waals surface area contributed by atoms with Crippen molar-refractivity contribution in [2.75, 3.05) is 23.3 Å². The number of amides is 1. The maximum absolute atomic E-state index is 13.5. The molecule has 2 aromatic heterocycles. The maximum atomic E-state index is 13.5. The maximum Gasteiger partial charge on any atom is 0.418 e. The van der Waals surface area contributed by atoms with Crippen molar-refractivity contribution >= 4 is 23.1 Å². The van der Waals surface area contributed by atoms with Crippen molar-refractivity contribution in [3.05, 3.63) is 42.1 Å². The fraction of sp³-hybridized carbons (Fsp3) is 0.409. The Labute approximate surface area is 182 Å². The molecule has 0 bridgehead atoms. The van der Waals surface area contributed by atoms with Crippen LogP contribution in [0.25, 0.3) is 16.9 Å². The highest BCUT2D eigenvalue weighted by Crippen LogP contribution is 2.37. The lowest BCUT2D eigenvalue weighted by molar-refractivity contribution is -0.137.